The topological polar surface area (TPSA) is 44.8 Å². The van der Waals surface area contributed by atoms with Crippen molar-refractivity contribution in [3.8, 4) is 0 Å². The highest BCUT2D eigenvalue weighted by Gasteiger charge is 2.46. The average Bonchev–Trinajstić information content (AvgIpc) is 3.18. The molecule has 0 aromatic heterocycles. The normalized spacial score (nSPS) is 24.0. The fourth-order valence-corrected chi connectivity index (χ4v) is 3.45. The first-order valence-electron chi connectivity index (χ1n) is 8.16. The van der Waals surface area contributed by atoms with Gasteiger partial charge in [0.2, 0.25) is 5.91 Å². The first-order chi connectivity index (χ1) is 9.92. The summed E-state index contributed by atoms with van der Waals surface area (Å²) < 4.78 is 5.48. The van der Waals surface area contributed by atoms with Gasteiger partial charge in [0.1, 0.15) is 0 Å². The van der Waals surface area contributed by atoms with Gasteiger partial charge in [-0.15, -0.1) is 0 Å². The fourth-order valence-electron chi connectivity index (χ4n) is 3.45. The third-order valence-electron chi connectivity index (χ3n) is 5.01. The van der Waals surface area contributed by atoms with Crippen LogP contribution in [-0.4, -0.2) is 74.2 Å². The Bertz CT molecular complexity index is 359. The zero-order valence-electron chi connectivity index (χ0n) is 14.1. The number of likely N-dealkylation sites (tertiary alicyclic amines) is 1. The smallest absolute Gasteiger partial charge is 0.223 e. The highest BCUT2D eigenvalue weighted by atomic mass is 16.5. The summed E-state index contributed by atoms with van der Waals surface area (Å²) in [7, 11) is 5.88. The van der Waals surface area contributed by atoms with E-state index in [4.69, 9.17) is 4.74 Å². The summed E-state index contributed by atoms with van der Waals surface area (Å²) >= 11 is 0. The van der Waals surface area contributed by atoms with Crippen LogP contribution in [0.3, 0.4) is 0 Å². The van der Waals surface area contributed by atoms with Crippen molar-refractivity contribution in [2.24, 2.45) is 0 Å². The van der Waals surface area contributed by atoms with Gasteiger partial charge in [0.25, 0.3) is 0 Å². The van der Waals surface area contributed by atoms with Gasteiger partial charge in [0, 0.05) is 26.7 Å². The van der Waals surface area contributed by atoms with Gasteiger partial charge < -0.3 is 19.9 Å². The van der Waals surface area contributed by atoms with Crippen LogP contribution in [0.2, 0.25) is 0 Å². The van der Waals surface area contributed by atoms with Crippen LogP contribution in [0, 0.1) is 0 Å². The van der Waals surface area contributed by atoms with E-state index in [1.165, 1.54) is 0 Å². The molecule has 122 valence electrons. The maximum absolute atomic E-state index is 12.4. The fraction of sp³-hybridized carbons (Fsp3) is 0.938. The van der Waals surface area contributed by atoms with Crippen molar-refractivity contribution < 1.29 is 9.53 Å². The number of hydrogen-bond donors (Lipinski definition) is 1. The van der Waals surface area contributed by atoms with Crippen LogP contribution in [0.25, 0.3) is 0 Å². The van der Waals surface area contributed by atoms with E-state index in [2.05, 4.69) is 36.1 Å². The van der Waals surface area contributed by atoms with E-state index in [0.29, 0.717) is 6.42 Å². The van der Waals surface area contributed by atoms with Crippen LogP contribution in [-0.2, 0) is 9.53 Å². The lowest BCUT2D eigenvalue weighted by molar-refractivity contribution is -0.127. The van der Waals surface area contributed by atoms with Crippen LogP contribution in [0.4, 0.5) is 0 Å². The summed E-state index contributed by atoms with van der Waals surface area (Å²) in [4.78, 5) is 17.1. The number of nitrogens with one attached hydrogen (secondary N) is 1. The molecule has 2 aliphatic rings. The number of ether oxygens (including phenoxy) is 1. The minimum Gasteiger partial charge on any atom is -0.378 e. The summed E-state index contributed by atoms with van der Waals surface area (Å²) in [6.45, 7) is 6.35. The van der Waals surface area contributed by atoms with E-state index in [1.807, 2.05) is 0 Å². The molecule has 1 saturated carbocycles. The molecule has 2 fully saturated rings. The maximum atomic E-state index is 12.4. The molecule has 1 aliphatic heterocycles. The van der Waals surface area contributed by atoms with Crippen molar-refractivity contribution in [2.75, 3.05) is 47.4 Å². The Kier molecular flexibility index (Phi) is 5.28. The molecular formula is C16H31N3O2. The van der Waals surface area contributed by atoms with Crippen LogP contribution in [0.5, 0.6) is 0 Å². The number of carbonyl (C=O) groups is 1. The van der Waals surface area contributed by atoms with Crippen molar-refractivity contribution in [2.45, 2.75) is 50.2 Å². The molecule has 0 aromatic carbocycles. The second kappa shape index (κ2) is 6.63. The summed E-state index contributed by atoms with van der Waals surface area (Å²) in [5.41, 5.74) is -0.233. The number of methoxy groups -OCH3 is 1. The predicted molar refractivity (Wildman–Crippen MR) is 84.4 cm³/mol. The monoisotopic (exact) mass is 297 g/mol. The van der Waals surface area contributed by atoms with Crippen molar-refractivity contribution in [3.63, 3.8) is 0 Å². The number of likely N-dealkylation sites (N-methyl/N-ethyl adjacent to an activating group) is 1. The van der Waals surface area contributed by atoms with E-state index < -0.39 is 0 Å². The third kappa shape index (κ3) is 4.41. The molecule has 5 nitrogen and oxygen atoms in total. The third-order valence-corrected chi connectivity index (χ3v) is 5.01. The standard InChI is InChI=1S/C16H31N3O2/c1-5-19-10-8-15(9-11-19,13-18(2)3)17-14(20)12-16(21-4)6-7-16/h5-13H2,1-4H3,(H,17,20). The SMILES string of the molecule is CCN1CCC(CN(C)C)(NC(=O)CC2(OC)CC2)CC1. The number of carbonyl (C=O) groups excluding carboxylic acids is 1. The Balaban J connectivity index is 1.94. The Labute approximate surface area is 129 Å². The zero-order chi connectivity index (χ0) is 15.5. The molecule has 2 rings (SSSR count). The minimum atomic E-state index is -0.159. The molecule has 1 N–H and O–H groups in total. The average molecular weight is 297 g/mol. The van der Waals surface area contributed by atoms with Gasteiger partial charge in [0.05, 0.1) is 17.6 Å². The Hall–Kier alpha value is -0.650. The molecule has 21 heavy (non-hydrogen) atoms. The molecule has 5 heteroatoms. The second-order valence-corrected chi connectivity index (χ2v) is 7.06. The molecule has 1 saturated heterocycles. The molecule has 0 radical (unpaired) electrons. The van der Waals surface area contributed by atoms with E-state index in [1.54, 1.807) is 7.11 Å². The van der Waals surface area contributed by atoms with Crippen LogP contribution >= 0.6 is 0 Å². The van der Waals surface area contributed by atoms with E-state index >= 15 is 0 Å². The van der Waals surface area contributed by atoms with Gasteiger partial charge in [0.15, 0.2) is 0 Å². The highest BCUT2D eigenvalue weighted by molar-refractivity contribution is 5.78. The van der Waals surface area contributed by atoms with Crippen LogP contribution in [0.15, 0.2) is 0 Å². The number of nitrogens with zero attached hydrogens (tertiary/aromatic N) is 2. The number of hydrogen-bond acceptors (Lipinski definition) is 4. The Morgan fingerprint density at radius 1 is 1.24 bits per heavy atom. The lowest BCUT2D eigenvalue weighted by atomic mass is 9.86. The van der Waals surface area contributed by atoms with Gasteiger partial charge in [-0.2, -0.15) is 0 Å². The lowest BCUT2D eigenvalue weighted by Gasteiger charge is -2.43. The molecule has 0 spiro atoms. The molecule has 0 aromatic rings. The molecule has 0 unspecified atom stereocenters. The molecule has 1 heterocycles. The number of rotatable bonds is 7. The molecule has 1 amide bonds. The van der Waals surface area contributed by atoms with Crippen LogP contribution < -0.4 is 5.32 Å². The summed E-state index contributed by atoms with van der Waals surface area (Å²) in [5, 5.41) is 3.35. The number of piperidine rings is 1. The van der Waals surface area contributed by atoms with E-state index in [-0.39, 0.29) is 17.0 Å². The minimum absolute atomic E-state index is 0.0733. The maximum Gasteiger partial charge on any atom is 0.223 e. The van der Waals surface area contributed by atoms with Crippen molar-refractivity contribution >= 4 is 5.91 Å². The Morgan fingerprint density at radius 2 is 1.86 bits per heavy atom. The summed E-state index contributed by atoms with van der Waals surface area (Å²) in [6.07, 6.45) is 4.61. The highest BCUT2D eigenvalue weighted by Crippen LogP contribution is 2.42. The van der Waals surface area contributed by atoms with Crippen LogP contribution in [0.1, 0.15) is 39.0 Å². The van der Waals surface area contributed by atoms with Crippen molar-refractivity contribution in [1.82, 2.24) is 15.1 Å². The molecule has 0 atom stereocenters. The van der Waals surface area contributed by atoms with Gasteiger partial charge in [-0.05, 0) is 46.3 Å². The summed E-state index contributed by atoms with van der Waals surface area (Å²) in [5.74, 6) is 0.154. The van der Waals surface area contributed by atoms with Gasteiger partial charge in [-0.1, -0.05) is 6.92 Å². The molecule has 1 aliphatic carbocycles. The lowest BCUT2D eigenvalue weighted by Crippen LogP contribution is -2.60. The van der Waals surface area contributed by atoms with E-state index in [0.717, 1.165) is 51.9 Å². The van der Waals surface area contributed by atoms with Gasteiger partial charge in [-0.3, -0.25) is 4.79 Å². The second-order valence-electron chi connectivity index (χ2n) is 7.06. The first-order valence-corrected chi connectivity index (χ1v) is 8.16. The quantitative estimate of drug-likeness (QED) is 0.764. The number of amides is 1. The largest absolute Gasteiger partial charge is 0.378 e. The van der Waals surface area contributed by atoms with Crippen molar-refractivity contribution in [3.05, 3.63) is 0 Å². The first kappa shape index (κ1) is 16.7. The molecular weight excluding hydrogens is 266 g/mol. The molecule has 0 bridgehead atoms. The van der Waals surface area contributed by atoms with Gasteiger partial charge >= 0.3 is 0 Å². The van der Waals surface area contributed by atoms with Gasteiger partial charge in [-0.25, -0.2) is 0 Å². The Morgan fingerprint density at radius 3 is 2.29 bits per heavy atom. The zero-order valence-corrected chi connectivity index (χ0v) is 14.1. The van der Waals surface area contributed by atoms with Crippen molar-refractivity contribution in [1.29, 1.82) is 0 Å². The summed E-state index contributed by atoms with van der Waals surface area (Å²) in [6, 6.07) is 0. The van der Waals surface area contributed by atoms with E-state index in [9.17, 15) is 4.79 Å². The predicted octanol–water partition coefficient (Wildman–Crippen LogP) is 1.09.